The molecule has 1 rings (SSSR count). The molecular formula is C12H20N2S. The monoisotopic (exact) mass is 224 g/mol. The van der Waals surface area contributed by atoms with Crippen molar-refractivity contribution in [1.82, 2.24) is 0 Å². The Morgan fingerprint density at radius 2 is 1.93 bits per heavy atom. The zero-order valence-corrected chi connectivity index (χ0v) is 9.93. The first-order valence-corrected chi connectivity index (χ1v) is 6.60. The maximum Gasteiger partial charge on any atom is 0.0316 e. The van der Waals surface area contributed by atoms with Crippen molar-refractivity contribution in [3.8, 4) is 0 Å². The van der Waals surface area contributed by atoms with Gasteiger partial charge < -0.3 is 11.5 Å². The number of rotatable bonds is 7. The van der Waals surface area contributed by atoms with Crippen LogP contribution in [0, 0.1) is 0 Å². The maximum atomic E-state index is 5.71. The Morgan fingerprint density at radius 1 is 1.13 bits per heavy atom. The molecule has 0 aliphatic carbocycles. The van der Waals surface area contributed by atoms with E-state index in [2.05, 4.69) is 12.1 Å². The molecule has 3 heteroatoms. The van der Waals surface area contributed by atoms with Gasteiger partial charge in [0.25, 0.3) is 0 Å². The molecule has 84 valence electrons. The molecule has 0 unspecified atom stereocenters. The van der Waals surface area contributed by atoms with E-state index in [4.69, 9.17) is 11.5 Å². The minimum absolute atomic E-state index is 0.808. The molecule has 0 aromatic heterocycles. The SMILES string of the molecule is NCCCSCCCc1cccc(N)c1. The molecule has 0 amide bonds. The fraction of sp³-hybridized carbons (Fsp3) is 0.500. The molecule has 1 aromatic carbocycles. The lowest BCUT2D eigenvalue weighted by Gasteiger charge is -2.02. The summed E-state index contributed by atoms with van der Waals surface area (Å²) in [5.74, 6) is 2.40. The Balaban J connectivity index is 2.10. The van der Waals surface area contributed by atoms with Crippen LogP contribution >= 0.6 is 11.8 Å². The number of anilines is 1. The topological polar surface area (TPSA) is 52.0 Å². The molecule has 1 aromatic rings. The van der Waals surface area contributed by atoms with E-state index < -0.39 is 0 Å². The van der Waals surface area contributed by atoms with Crippen LogP contribution < -0.4 is 11.5 Å². The highest BCUT2D eigenvalue weighted by Crippen LogP contribution is 2.11. The highest BCUT2D eigenvalue weighted by atomic mass is 32.2. The molecule has 4 N–H and O–H groups in total. The van der Waals surface area contributed by atoms with Gasteiger partial charge in [-0.15, -0.1) is 0 Å². The second-order valence-corrected chi connectivity index (χ2v) is 4.83. The fourth-order valence-electron chi connectivity index (χ4n) is 1.41. The molecule has 0 heterocycles. The van der Waals surface area contributed by atoms with Gasteiger partial charge in [0.2, 0.25) is 0 Å². The Kier molecular flexibility index (Phi) is 6.28. The summed E-state index contributed by atoms with van der Waals surface area (Å²) >= 11 is 1.99. The van der Waals surface area contributed by atoms with E-state index in [1.807, 2.05) is 23.9 Å². The molecular weight excluding hydrogens is 204 g/mol. The molecule has 0 spiro atoms. The summed E-state index contributed by atoms with van der Waals surface area (Å²) in [6.45, 7) is 0.808. The van der Waals surface area contributed by atoms with Crippen molar-refractivity contribution in [2.75, 3.05) is 23.8 Å². The number of hydrogen-bond donors (Lipinski definition) is 2. The van der Waals surface area contributed by atoms with E-state index in [0.717, 1.165) is 25.1 Å². The van der Waals surface area contributed by atoms with Gasteiger partial charge in [0.05, 0.1) is 0 Å². The lowest BCUT2D eigenvalue weighted by atomic mass is 10.1. The first kappa shape index (κ1) is 12.4. The first-order chi connectivity index (χ1) is 7.33. The number of benzene rings is 1. The van der Waals surface area contributed by atoms with Gasteiger partial charge in [-0.3, -0.25) is 0 Å². The molecule has 2 nitrogen and oxygen atoms in total. The van der Waals surface area contributed by atoms with Crippen molar-refractivity contribution < 1.29 is 0 Å². The minimum atomic E-state index is 0.808. The lowest BCUT2D eigenvalue weighted by Crippen LogP contribution is -2.00. The van der Waals surface area contributed by atoms with Crippen molar-refractivity contribution in [3.63, 3.8) is 0 Å². The zero-order valence-electron chi connectivity index (χ0n) is 9.11. The zero-order chi connectivity index (χ0) is 10.9. The second-order valence-electron chi connectivity index (χ2n) is 3.60. The van der Waals surface area contributed by atoms with Crippen LogP contribution in [0.3, 0.4) is 0 Å². The third-order valence-electron chi connectivity index (χ3n) is 2.20. The Hall–Kier alpha value is -0.670. The number of hydrogen-bond acceptors (Lipinski definition) is 3. The molecule has 0 aliphatic rings. The van der Waals surface area contributed by atoms with Crippen molar-refractivity contribution in [2.45, 2.75) is 19.3 Å². The van der Waals surface area contributed by atoms with Gasteiger partial charge in [0.1, 0.15) is 0 Å². The third-order valence-corrected chi connectivity index (χ3v) is 3.35. The molecule has 0 fully saturated rings. The van der Waals surface area contributed by atoms with Crippen LogP contribution in [0.2, 0.25) is 0 Å². The average molecular weight is 224 g/mol. The standard InChI is InChI=1S/C12H20N2S/c13-7-3-9-15-8-2-5-11-4-1-6-12(14)10-11/h1,4,6,10H,2-3,5,7-9,13-14H2. The molecule has 15 heavy (non-hydrogen) atoms. The predicted octanol–water partition coefficient (Wildman–Crippen LogP) is 2.28. The summed E-state index contributed by atoms with van der Waals surface area (Å²) in [7, 11) is 0. The van der Waals surface area contributed by atoms with E-state index in [1.165, 1.54) is 23.5 Å². The fourth-order valence-corrected chi connectivity index (χ4v) is 2.34. The highest BCUT2D eigenvalue weighted by Gasteiger charge is 1.94. The molecule has 0 saturated carbocycles. The van der Waals surface area contributed by atoms with E-state index in [9.17, 15) is 0 Å². The van der Waals surface area contributed by atoms with Crippen LogP contribution in [0.5, 0.6) is 0 Å². The molecule has 0 atom stereocenters. The van der Waals surface area contributed by atoms with Crippen LogP contribution in [0.25, 0.3) is 0 Å². The van der Waals surface area contributed by atoms with Crippen molar-refractivity contribution >= 4 is 17.4 Å². The van der Waals surface area contributed by atoms with Crippen LogP contribution in [0.1, 0.15) is 18.4 Å². The summed E-state index contributed by atoms with van der Waals surface area (Å²) < 4.78 is 0. The summed E-state index contributed by atoms with van der Waals surface area (Å²) in [6, 6.07) is 8.15. The lowest BCUT2D eigenvalue weighted by molar-refractivity contribution is 0.919. The van der Waals surface area contributed by atoms with Gasteiger partial charge in [-0.1, -0.05) is 12.1 Å². The predicted molar refractivity (Wildman–Crippen MR) is 70.2 cm³/mol. The van der Waals surface area contributed by atoms with Crippen LogP contribution in [-0.4, -0.2) is 18.1 Å². The summed E-state index contributed by atoms with van der Waals surface area (Å²) in [4.78, 5) is 0. The summed E-state index contributed by atoms with van der Waals surface area (Å²) in [6.07, 6.45) is 3.47. The van der Waals surface area contributed by atoms with Crippen molar-refractivity contribution in [2.24, 2.45) is 5.73 Å². The van der Waals surface area contributed by atoms with Gasteiger partial charge in [0, 0.05) is 5.69 Å². The highest BCUT2D eigenvalue weighted by molar-refractivity contribution is 7.99. The Labute approximate surface area is 96.4 Å². The smallest absolute Gasteiger partial charge is 0.0316 e. The number of nitrogens with two attached hydrogens (primary N) is 2. The second kappa shape index (κ2) is 7.60. The van der Waals surface area contributed by atoms with Gasteiger partial charge in [0.15, 0.2) is 0 Å². The first-order valence-electron chi connectivity index (χ1n) is 5.45. The molecule has 0 bridgehead atoms. The minimum Gasteiger partial charge on any atom is -0.399 e. The van der Waals surface area contributed by atoms with Crippen molar-refractivity contribution in [1.29, 1.82) is 0 Å². The Morgan fingerprint density at radius 3 is 2.67 bits per heavy atom. The molecule has 0 radical (unpaired) electrons. The molecule has 0 saturated heterocycles. The molecule has 0 aliphatic heterocycles. The van der Waals surface area contributed by atoms with E-state index in [1.54, 1.807) is 0 Å². The normalized spacial score (nSPS) is 10.5. The quantitative estimate of drug-likeness (QED) is 0.552. The van der Waals surface area contributed by atoms with Gasteiger partial charge >= 0.3 is 0 Å². The summed E-state index contributed by atoms with van der Waals surface area (Å²) in [5.41, 5.74) is 13.3. The van der Waals surface area contributed by atoms with Gasteiger partial charge in [-0.25, -0.2) is 0 Å². The number of aryl methyl sites for hydroxylation is 1. The van der Waals surface area contributed by atoms with E-state index >= 15 is 0 Å². The Bertz CT molecular complexity index is 276. The van der Waals surface area contributed by atoms with Crippen LogP contribution in [0.15, 0.2) is 24.3 Å². The number of nitrogen functional groups attached to an aromatic ring is 1. The van der Waals surface area contributed by atoms with E-state index in [0.29, 0.717) is 0 Å². The number of thioether (sulfide) groups is 1. The average Bonchev–Trinajstić information content (AvgIpc) is 2.23. The maximum absolute atomic E-state index is 5.71. The summed E-state index contributed by atoms with van der Waals surface area (Å²) in [5, 5.41) is 0. The van der Waals surface area contributed by atoms with Gasteiger partial charge in [-0.2, -0.15) is 11.8 Å². The van der Waals surface area contributed by atoms with Gasteiger partial charge in [-0.05, 0) is 55.0 Å². The largest absolute Gasteiger partial charge is 0.399 e. The van der Waals surface area contributed by atoms with E-state index in [-0.39, 0.29) is 0 Å². The van der Waals surface area contributed by atoms with Crippen LogP contribution in [-0.2, 0) is 6.42 Å². The van der Waals surface area contributed by atoms with Crippen molar-refractivity contribution in [3.05, 3.63) is 29.8 Å². The van der Waals surface area contributed by atoms with Crippen LogP contribution in [0.4, 0.5) is 5.69 Å². The third kappa shape index (κ3) is 5.70.